The number of benzene rings is 2. The lowest BCUT2D eigenvalue weighted by molar-refractivity contribution is -0.323. The quantitative estimate of drug-likeness (QED) is 0.0918. The van der Waals surface area contributed by atoms with E-state index >= 15 is 0 Å². The molecule has 3 aromatic rings. The van der Waals surface area contributed by atoms with Gasteiger partial charge in [-0.25, -0.2) is 0 Å². The minimum Gasteiger partial charge on any atom is -0.508 e. The molecule has 6 rings (SSSR count). The fraction of sp³-hybridized carbons (Fsp3) is 0.545. The monoisotopic (exact) mass is 772 g/mol. The van der Waals surface area contributed by atoms with Crippen molar-refractivity contribution in [2.75, 3.05) is 19.8 Å². The van der Waals surface area contributed by atoms with Gasteiger partial charge in [-0.2, -0.15) is 0 Å². The van der Waals surface area contributed by atoms with Gasteiger partial charge in [0.2, 0.25) is 23.8 Å². The van der Waals surface area contributed by atoms with Crippen molar-refractivity contribution in [1.29, 1.82) is 0 Å². The summed E-state index contributed by atoms with van der Waals surface area (Å²) in [4.78, 5) is 13.9. The summed E-state index contributed by atoms with van der Waals surface area (Å²) in [7, 11) is 0. The van der Waals surface area contributed by atoms with Gasteiger partial charge in [0.15, 0.2) is 12.1 Å². The molecule has 3 aliphatic rings. The fourth-order valence-corrected chi connectivity index (χ4v) is 6.20. The molecular weight excluding hydrogens is 732 g/mol. The molecule has 21 nitrogen and oxygen atoms in total. The van der Waals surface area contributed by atoms with Crippen molar-refractivity contribution in [3.05, 3.63) is 46.6 Å². The zero-order chi connectivity index (χ0) is 39.2. The second-order valence-electron chi connectivity index (χ2n) is 12.9. The number of aliphatic hydroxyl groups is 11. The zero-order valence-corrected chi connectivity index (χ0v) is 27.8. The third kappa shape index (κ3) is 7.58. The van der Waals surface area contributed by atoms with Gasteiger partial charge in [0.25, 0.3) is 0 Å². The summed E-state index contributed by atoms with van der Waals surface area (Å²) in [5.41, 5.74) is -1.28. The minimum atomic E-state index is -1.93. The van der Waals surface area contributed by atoms with Crippen LogP contribution in [0.1, 0.15) is 0 Å². The van der Waals surface area contributed by atoms with Crippen LogP contribution in [-0.2, 0) is 18.9 Å². The van der Waals surface area contributed by atoms with Crippen LogP contribution >= 0.6 is 0 Å². The summed E-state index contributed by atoms with van der Waals surface area (Å²) in [5, 5.41) is 133. The average molecular weight is 773 g/mol. The van der Waals surface area contributed by atoms with Gasteiger partial charge in [0.05, 0.1) is 19.8 Å². The maximum Gasteiger partial charge on any atom is 0.239 e. The van der Waals surface area contributed by atoms with Crippen LogP contribution in [0, 0.1) is 0 Å². The zero-order valence-electron chi connectivity index (χ0n) is 27.8. The summed E-state index contributed by atoms with van der Waals surface area (Å²) in [6, 6.07) is 7.13. The predicted octanol–water partition coefficient (Wildman–Crippen LogP) is -4.95. The predicted molar refractivity (Wildman–Crippen MR) is 173 cm³/mol. The third-order valence-electron chi connectivity index (χ3n) is 9.31. The largest absolute Gasteiger partial charge is 0.508 e. The molecule has 0 amide bonds. The van der Waals surface area contributed by atoms with E-state index in [1.807, 2.05) is 0 Å². The van der Waals surface area contributed by atoms with Crippen LogP contribution in [0.5, 0.6) is 23.0 Å². The lowest BCUT2D eigenvalue weighted by atomic mass is 9.98. The number of fused-ring (bicyclic) bond motifs is 1. The average Bonchev–Trinajstić information content (AvgIpc) is 3.15. The number of phenolic OH excluding ortho intramolecular Hbond substituents is 2. The molecule has 13 N–H and O–H groups in total. The van der Waals surface area contributed by atoms with Crippen molar-refractivity contribution in [2.45, 2.75) is 92.1 Å². The molecule has 0 radical (unpaired) electrons. The molecule has 2 aromatic carbocycles. The molecule has 3 aliphatic heterocycles. The van der Waals surface area contributed by atoms with Gasteiger partial charge in [-0.15, -0.1) is 0 Å². The summed E-state index contributed by atoms with van der Waals surface area (Å²) in [5.74, 6) is -2.27. The molecule has 298 valence electrons. The molecule has 0 bridgehead atoms. The summed E-state index contributed by atoms with van der Waals surface area (Å²) in [6.07, 6.45) is -25.9. The topological polar surface area (TPSA) is 349 Å². The van der Waals surface area contributed by atoms with Crippen molar-refractivity contribution >= 4 is 11.0 Å². The maximum absolute atomic E-state index is 13.9. The fourth-order valence-electron chi connectivity index (χ4n) is 6.20. The van der Waals surface area contributed by atoms with Crippen LogP contribution in [0.25, 0.3) is 22.3 Å². The number of aliphatic hydroxyl groups excluding tert-OH is 11. The molecule has 0 aliphatic carbocycles. The van der Waals surface area contributed by atoms with Crippen molar-refractivity contribution in [3.63, 3.8) is 0 Å². The van der Waals surface area contributed by atoms with Crippen molar-refractivity contribution in [1.82, 2.24) is 0 Å². The van der Waals surface area contributed by atoms with E-state index in [1.165, 1.54) is 24.3 Å². The molecule has 3 saturated heterocycles. The van der Waals surface area contributed by atoms with Crippen LogP contribution in [0.3, 0.4) is 0 Å². The Morgan fingerprint density at radius 1 is 0.593 bits per heavy atom. The first-order valence-corrected chi connectivity index (χ1v) is 16.5. The van der Waals surface area contributed by atoms with Crippen LogP contribution in [0.15, 0.2) is 45.6 Å². The van der Waals surface area contributed by atoms with Crippen LogP contribution in [0.2, 0.25) is 0 Å². The first kappa shape index (κ1) is 39.9. The Balaban J connectivity index is 1.29. The van der Waals surface area contributed by atoms with E-state index in [4.69, 9.17) is 32.8 Å². The second kappa shape index (κ2) is 16.2. The molecule has 54 heavy (non-hydrogen) atoms. The van der Waals surface area contributed by atoms with Crippen molar-refractivity contribution in [2.24, 2.45) is 0 Å². The lowest BCUT2D eigenvalue weighted by Gasteiger charge is -2.42. The van der Waals surface area contributed by atoms with E-state index in [-0.39, 0.29) is 28.4 Å². The third-order valence-corrected chi connectivity index (χ3v) is 9.31. The maximum atomic E-state index is 13.9. The number of hydrogen-bond acceptors (Lipinski definition) is 21. The molecule has 21 heteroatoms. The molecule has 0 spiro atoms. The van der Waals surface area contributed by atoms with Crippen LogP contribution < -0.4 is 14.9 Å². The van der Waals surface area contributed by atoms with E-state index in [0.29, 0.717) is 0 Å². The molecule has 0 saturated carbocycles. The van der Waals surface area contributed by atoms with Gasteiger partial charge in [-0.1, -0.05) is 0 Å². The molecule has 3 fully saturated rings. The molecule has 4 heterocycles. The molecule has 0 unspecified atom stereocenters. The lowest BCUT2D eigenvalue weighted by Crippen LogP contribution is -2.62. The van der Waals surface area contributed by atoms with E-state index in [1.54, 1.807) is 0 Å². The molecular formula is C33H40O21. The Kier molecular flexibility index (Phi) is 11.9. The Morgan fingerprint density at radius 2 is 1.09 bits per heavy atom. The van der Waals surface area contributed by atoms with Gasteiger partial charge in [0, 0.05) is 17.7 Å². The summed E-state index contributed by atoms with van der Waals surface area (Å²) < 4.78 is 39.0. The first-order chi connectivity index (χ1) is 25.6. The highest BCUT2D eigenvalue weighted by Crippen LogP contribution is 2.38. The number of ether oxygens (including phenoxy) is 6. The Bertz CT molecular complexity index is 1800. The molecule has 15 atom stereocenters. The summed E-state index contributed by atoms with van der Waals surface area (Å²) >= 11 is 0. The highest BCUT2D eigenvalue weighted by atomic mass is 16.7. The van der Waals surface area contributed by atoms with E-state index in [2.05, 4.69) is 0 Å². The van der Waals surface area contributed by atoms with Gasteiger partial charge in [-0.05, 0) is 24.3 Å². The van der Waals surface area contributed by atoms with Crippen molar-refractivity contribution in [3.8, 4) is 34.3 Å². The van der Waals surface area contributed by atoms with Crippen molar-refractivity contribution < 1.29 is 99.2 Å². The van der Waals surface area contributed by atoms with E-state index in [9.17, 15) is 71.2 Å². The normalized spacial score (nSPS) is 37.3. The van der Waals surface area contributed by atoms with Crippen LogP contribution in [-0.4, -0.2) is 178 Å². The van der Waals surface area contributed by atoms with Crippen LogP contribution in [0.4, 0.5) is 0 Å². The SMILES string of the molecule is O=c1c(O[C@@H]2O[C@@H](CO)[C@@H](O)[C@H](O)[C@H]2O)c(-c2ccc(O)cc2)oc2cc(O[C@@H]3O[C@H](CO[C@@H]4O[C@@H](CO)[C@@H](O)[C@H](O)[C@H]4O)[C@@H](O)[C@H](O)[C@@H]3O)cc(O)c12. The van der Waals surface area contributed by atoms with E-state index in [0.717, 1.165) is 12.1 Å². The number of aromatic hydroxyl groups is 2. The minimum absolute atomic E-state index is 0.114. The van der Waals surface area contributed by atoms with Gasteiger partial charge in [0.1, 0.15) is 101 Å². The Labute approximate surface area is 303 Å². The van der Waals surface area contributed by atoms with E-state index < -0.39 is 134 Å². The molecule has 1 aromatic heterocycles. The Morgan fingerprint density at radius 3 is 1.67 bits per heavy atom. The number of hydrogen-bond donors (Lipinski definition) is 13. The smallest absolute Gasteiger partial charge is 0.239 e. The highest BCUT2D eigenvalue weighted by Gasteiger charge is 2.48. The van der Waals surface area contributed by atoms with Gasteiger partial charge in [-0.3, -0.25) is 4.79 Å². The number of phenols is 2. The second-order valence-corrected chi connectivity index (χ2v) is 12.9. The summed E-state index contributed by atoms with van der Waals surface area (Å²) in [6.45, 7) is -2.19. The van der Waals surface area contributed by atoms with Gasteiger partial charge >= 0.3 is 0 Å². The Hall–Kier alpha value is -3.75. The standard InChI is InChI=1S/C33H40O21/c34-7-15-19(38)23(42)26(45)31(51-15)48-9-17-21(40)25(44)27(46)32(53-17)49-12-5-13(37)18-14(6-12)50-29(10-1-3-11(36)4-2-10)30(22(18)41)54-33-28(47)24(43)20(39)16(8-35)52-33/h1-6,15-17,19-21,23-28,31-40,42-47H,7-9H2/t15-,16-,17+,19+,20+,21+,23-,24-,25-,26+,27-,28+,31+,32+,33-/m0/s1. The highest BCUT2D eigenvalue weighted by molar-refractivity contribution is 5.88. The van der Waals surface area contributed by atoms with Gasteiger partial charge < -0.3 is 99.2 Å². The first-order valence-electron chi connectivity index (χ1n) is 16.5. The number of rotatable bonds is 10.